The van der Waals surface area contributed by atoms with Crippen LogP contribution in [0.15, 0.2) is 47.0 Å². The minimum Gasteiger partial charge on any atom is -0.494 e. The fourth-order valence-electron chi connectivity index (χ4n) is 3.50. The van der Waals surface area contributed by atoms with Crippen LogP contribution < -0.4 is 14.4 Å². The summed E-state index contributed by atoms with van der Waals surface area (Å²) in [7, 11) is 1.40. The van der Waals surface area contributed by atoms with Crippen LogP contribution in [-0.4, -0.2) is 36.3 Å². The van der Waals surface area contributed by atoms with Gasteiger partial charge in [-0.15, -0.1) is 0 Å². The number of benzene rings is 2. The molecule has 1 amide bonds. The zero-order chi connectivity index (χ0) is 21.8. The number of aromatic nitrogens is 2. The van der Waals surface area contributed by atoms with E-state index in [-0.39, 0.29) is 24.0 Å². The number of hydrogen-bond acceptors (Lipinski definition) is 6. The molecule has 8 heteroatoms. The lowest BCUT2D eigenvalue weighted by atomic mass is 10.1. The Labute approximate surface area is 179 Å². The van der Waals surface area contributed by atoms with Crippen molar-refractivity contribution in [1.82, 2.24) is 10.1 Å². The van der Waals surface area contributed by atoms with Gasteiger partial charge in [-0.25, -0.2) is 4.39 Å². The SMILES string of the molecule is CCCCOc1ccc(-c2nc(C3CC(=O)N(c4ccc(OC)c(F)c4)C3)no2)cc1. The molecule has 0 saturated carbocycles. The molecule has 31 heavy (non-hydrogen) atoms. The van der Waals surface area contributed by atoms with Crippen molar-refractivity contribution in [2.75, 3.05) is 25.2 Å². The summed E-state index contributed by atoms with van der Waals surface area (Å²) in [5, 5.41) is 4.07. The summed E-state index contributed by atoms with van der Waals surface area (Å²) in [5.74, 6) is 0.915. The number of rotatable bonds is 8. The first-order chi connectivity index (χ1) is 15.1. The Hall–Kier alpha value is -3.42. The molecule has 3 aromatic rings. The van der Waals surface area contributed by atoms with E-state index >= 15 is 0 Å². The van der Waals surface area contributed by atoms with E-state index in [0.29, 0.717) is 30.6 Å². The summed E-state index contributed by atoms with van der Waals surface area (Å²) in [6.45, 7) is 3.16. The summed E-state index contributed by atoms with van der Waals surface area (Å²) in [6.07, 6.45) is 2.32. The normalized spacial score (nSPS) is 16.0. The van der Waals surface area contributed by atoms with Gasteiger partial charge in [-0.3, -0.25) is 4.79 Å². The average Bonchev–Trinajstić information content (AvgIpc) is 3.41. The molecule has 0 radical (unpaired) electrons. The van der Waals surface area contributed by atoms with Crippen molar-refractivity contribution in [3.05, 3.63) is 54.1 Å². The lowest BCUT2D eigenvalue weighted by molar-refractivity contribution is -0.117. The van der Waals surface area contributed by atoms with Gasteiger partial charge >= 0.3 is 0 Å². The number of amides is 1. The van der Waals surface area contributed by atoms with Crippen LogP contribution in [0.25, 0.3) is 11.5 Å². The highest BCUT2D eigenvalue weighted by Gasteiger charge is 2.35. The highest BCUT2D eigenvalue weighted by Crippen LogP contribution is 2.33. The van der Waals surface area contributed by atoms with Crippen LogP contribution in [0.1, 0.15) is 37.9 Å². The van der Waals surface area contributed by atoms with Gasteiger partial charge < -0.3 is 18.9 Å². The van der Waals surface area contributed by atoms with E-state index in [1.165, 1.54) is 24.1 Å². The summed E-state index contributed by atoms with van der Waals surface area (Å²) >= 11 is 0. The van der Waals surface area contributed by atoms with Crippen LogP contribution in [0.4, 0.5) is 10.1 Å². The molecule has 2 aromatic carbocycles. The van der Waals surface area contributed by atoms with Gasteiger partial charge in [0.15, 0.2) is 17.4 Å². The minimum absolute atomic E-state index is 0.116. The van der Waals surface area contributed by atoms with Crippen LogP contribution in [0, 0.1) is 5.82 Å². The Morgan fingerprint density at radius 3 is 2.74 bits per heavy atom. The predicted molar refractivity (Wildman–Crippen MR) is 113 cm³/mol. The molecule has 0 N–H and O–H groups in total. The van der Waals surface area contributed by atoms with Gasteiger partial charge in [-0.05, 0) is 42.8 Å². The molecular weight excluding hydrogens is 401 g/mol. The standard InChI is InChI=1S/C23H24FN3O4/c1-3-4-11-30-18-8-5-15(6-9-18)23-25-22(26-31-23)16-12-21(28)27(14-16)17-7-10-20(29-2)19(24)13-17/h5-10,13,16H,3-4,11-12,14H2,1-2H3. The quantitative estimate of drug-likeness (QED) is 0.492. The van der Waals surface area contributed by atoms with Crippen molar-refractivity contribution in [2.24, 2.45) is 0 Å². The minimum atomic E-state index is -0.514. The molecule has 1 atom stereocenters. The Morgan fingerprint density at radius 1 is 1.23 bits per heavy atom. The molecule has 0 spiro atoms. The lowest BCUT2D eigenvalue weighted by Crippen LogP contribution is -2.24. The number of hydrogen-bond donors (Lipinski definition) is 0. The van der Waals surface area contributed by atoms with Gasteiger partial charge in [-0.2, -0.15) is 4.98 Å². The highest BCUT2D eigenvalue weighted by atomic mass is 19.1. The van der Waals surface area contributed by atoms with Gasteiger partial charge in [-0.1, -0.05) is 18.5 Å². The van der Waals surface area contributed by atoms with Crippen molar-refractivity contribution in [2.45, 2.75) is 32.1 Å². The molecule has 162 valence electrons. The first-order valence-corrected chi connectivity index (χ1v) is 10.3. The number of unbranched alkanes of at least 4 members (excludes halogenated alkanes) is 1. The first kappa shape index (κ1) is 20.8. The average molecular weight is 425 g/mol. The maximum absolute atomic E-state index is 14.0. The van der Waals surface area contributed by atoms with E-state index in [4.69, 9.17) is 14.0 Å². The second-order valence-electron chi connectivity index (χ2n) is 7.41. The summed E-state index contributed by atoms with van der Waals surface area (Å²) in [4.78, 5) is 18.5. The van der Waals surface area contributed by atoms with Crippen molar-refractivity contribution in [3.63, 3.8) is 0 Å². The third-order valence-electron chi connectivity index (χ3n) is 5.25. The van der Waals surface area contributed by atoms with Crippen LogP contribution in [0.2, 0.25) is 0 Å². The number of halogens is 1. The molecule has 1 aliphatic rings. The van der Waals surface area contributed by atoms with E-state index in [2.05, 4.69) is 17.1 Å². The fourth-order valence-corrected chi connectivity index (χ4v) is 3.50. The Morgan fingerprint density at radius 2 is 2.03 bits per heavy atom. The second-order valence-corrected chi connectivity index (χ2v) is 7.41. The zero-order valence-corrected chi connectivity index (χ0v) is 17.5. The first-order valence-electron chi connectivity index (χ1n) is 10.3. The van der Waals surface area contributed by atoms with Crippen molar-refractivity contribution < 1.29 is 23.2 Å². The van der Waals surface area contributed by atoms with Gasteiger partial charge in [0.2, 0.25) is 5.91 Å². The van der Waals surface area contributed by atoms with Crippen molar-refractivity contribution >= 4 is 11.6 Å². The molecule has 1 saturated heterocycles. The summed E-state index contributed by atoms with van der Waals surface area (Å²) in [5.41, 5.74) is 1.26. The van der Waals surface area contributed by atoms with E-state index in [1.54, 1.807) is 6.07 Å². The maximum Gasteiger partial charge on any atom is 0.257 e. The van der Waals surface area contributed by atoms with Crippen molar-refractivity contribution in [1.29, 1.82) is 0 Å². The van der Waals surface area contributed by atoms with E-state index in [0.717, 1.165) is 24.2 Å². The molecule has 4 rings (SSSR count). The third-order valence-corrected chi connectivity index (χ3v) is 5.25. The molecule has 1 aromatic heterocycles. The molecule has 2 heterocycles. The smallest absolute Gasteiger partial charge is 0.257 e. The van der Waals surface area contributed by atoms with Crippen molar-refractivity contribution in [3.8, 4) is 23.0 Å². The number of carbonyl (C=O) groups is 1. The summed E-state index contributed by atoms with van der Waals surface area (Å²) in [6, 6.07) is 11.9. The largest absolute Gasteiger partial charge is 0.494 e. The van der Waals surface area contributed by atoms with Gasteiger partial charge in [0.1, 0.15) is 5.75 Å². The number of methoxy groups -OCH3 is 1. The van der Waals surface area contributed by atoms with Gasteiger partial charge in [0, 0.05) is 36.2 Å². The topological polar surface area (TPSA) is 77.7 Å². The Kier molecular flexibility index (Phi) is 6.16. The number of ether oxygens (including phenoxy) is 2. The van der Waals surface area contributed by atoms with Crippen LogP contribution >= 0.6 is 0 Å². The molecule has 7 nitrogen and oxygen atoms in total. The van der Waals surface area contributed by atoms with Gasteiger partial charge in [0.25, 0.3) is 5.89 Å². The number of anilines is 1. The number of nitrogens with zero attached hydrogens (tertiary/aromatic N) is 3. The molecule has 0 bridgehead atoms. The van der Waals surface area contributed by atoms with E-state index in [1.807, 2.05) is 24.3 Å². The van der Waals surface area contributed by atoms with Gasteiger partial charge in [0.05, 0.1) is 13.7 Å². The second kappa shape index (κ2) is 9.16. The Bertz CT molecular complexity index is 1050. The van der Waals surface area contributed by atoms with Crippen LogP contribution in [-0.2, 0) is 4.79 Å². The van der Waals surface area contributed by atoms with Crippen LogP contribution in [0.3, 0.4) is 0 Å². The zero-order valence-electron chi connectivity index (χ0n) is 17.5. The molecule has 1 unspecified atom stereocenters. The van der Waals surface area contributed by atoms with E-state index < -0.39 is 5.82 Å². The molecular formula is C23H24FN3O4. The van der Waals surface area contributed by atoms with Crippen LogP contribution in [0.5, 0.6) is 11.5 Å². The highest BCUT2D eigenvalue weighted by molar-refractivity contribution is 5.96. The maximum atomic E-state index is 14.0. The molecule has 0 aliphatic carbocycles. The van der Waals surface area contributed by atoms with E-state index in [9.17, 15) is 9.18 Å². The number of carbonyl (C=O) groups excluding carboxylic acids is 1. The third kappa shape index (κ3) is 4.52. The monoisotopic (exact) mass is 425 g/mol. The fraction of sp³-hybridized carbons (Fsp3) is 0.348. The lowest BCUT2D eigenvalue weighted by Gasteiger charge is -2.16. The molecule has 1 fully saturated rings. The summed E-state index contributed by atoms with van der Waals surface area (Å²) < 4.78 is 30.1. The Balaban J connectivity index is 1.44. The molecule has 1 aliphatic heterocycles. The predicted octanol–water partition coefficient (Wildman–Crippen LogP) is 4.58.